The molecule has 1 amide bonds. The summed E-state index contributed by atoms with van der Waals surface area (Å²) in [5, 5.41) is 9.77. The van der Waals surface area contributed by atoms with Gasteiger partial charge in [0.2, 0.25) is 0 Å². The molecule has 0 spiro atoms. The lowest BCUT2D eigenvalue weighted by molar-refractivity contribution is -0.122. The van der Waals surface area contributed by atoms with Gasteiger partial charge in [0.25, 0.3) is 11.5 Å². The van der Waals surface area contributed by atoms with E-state index in [1.165, 1.54) is 18.2 Å². The second kappa shape index (κ2) is 10.7. The minimum Gasteiger partial charge on any atom is -0.357 e. The van der Waals surface area contributed by atoms with E-state index in [-0.39, 0.29) is 17.0 Å². The average molecular weight is 473 g/mol. The number of unbranched alkanes of at least 4 members (excludes halogenated alkanes) is 1. The van der Waals surface area contributed by atoms with Crippen molar-refractivity contribution in [1.29, 1.82) is 5.26 Å². The standard InChI is InChI=1S/C24H32N4O2S2/c1-5-6-12-27-21(26-10-8-7-9-11-26)18(17(4)19(14-25)22(27)29)13-20-23(30)28(15-16(2)3)24(31)32-20/h13,16H,5-12,15H2,1-4H3. The number of thiocarbonyl (C=S) groups is 1. The van der Waals surface area contributed by atoms with E-state index in [2.05, 4.69) is 31.7 Å². The Bertz CT molecular complexity index is 1030. The van der Waals surface area contributed by atoms with Crippen LogP contribution in [0.25, 0.3) is 6.08 Å². The minimum atomic E-state index is -0.233. The minimum absolute atomic E-state index is 0.0949. The van der Waals surface area contributed by atoms with Crippen molar-refractivity contribution in [2.45, 2.75) is 66.3 Å². The number of amides is 1. The summed E-state index contributed by atoms with van der Waals surface area (Å²) < 4.78 is 2.33. The summed E-state index contributed by atoms with van der Waals surface area (Å²) >= 11 is 6.79. The molecule has 8 heteroatoms. The number of anilines is 1. The predicted octanol–water partition coefficient (Wildman–Crippen LogP) is 4.68. The van der Waals surface area contributed by atoms with Gasteiger partial charge in [-0.15, -0.1) is 0 Å². The number of carbonyl (C=O) groups excluding carboxylic acids is 1. The fraction of sp³-hybridized carbons (Fsp3) is 0.583. The summed E-state index contributed by atoms with van der Waals surface area (Å²) in [6.45, 7) is 10.9. The van der Waals surface area contributed by atoms with Crippen LogP contribution >= 0.6 is 24.0 Å². The smallest absolute Gasteiger partial charge is 0.270 e. The Hall–Kier alpha value is -2.11. The fourth-order valence-electron chi connectivity index (χ4n) is 4.27. The molecule has 2 aliphatic rings. The van der Waals surface area contributed by atoms with Crippen LogP contribution in [0.5, 0.6) is 0 Å². The number of aromatic nitrogens is 1. The van der Waals surface area contributed by atoms with Crippen LogP contribution < -0.4 is 10.5 Å². The summed E-state index contributed by atoms with van der Waals surface area (Å²) in [7, 11) is 0. The Morgan fingerprint density at radius 1 is 1.22 bits per heavy atom. The maximum Gasteiger partial charge on any atom is 0.270 e. The Labute approximate surface area is 200 Å². The van der Waals surface area contributed by atoms with Crippen LogP contribution in [0.2, 0.25) is 0 Å². The number of nitrogens with zero attached hydrogens (tertiary/aromatic N) is 4. The molecule has 32 heavy (non-hydrogen) atoms. The molecule has 172 valence electrons. The zero-order valence-electron chi connectivity index (χ0n) is 19.4. The summed E-state index contributed by atoms with van der Waals surface area (Å²) in [5.74, 6) is 1.06. The number of rotatable bonds is 7. The summed E-state index contributed by atoms with van der Waals surface area (Å²) in [4.78, 5) is 30.9. The second-order valence-corrected chi connectivity index (χ2v) is 10.6. The third-order valence-electron chi connectivity index (χ3n) is 5.93. The van der Waals surface area contributed by atoms with Crippen LogP contribution in [0.1, 0.15) is 69.6 Å². The summed E-state index contributed by atoms with van der Waals surface area (Å²) in [5.41, 5.74) is 1.36. The Kier molecular flexibility index (Phi) is 8.18. The number of hydrogen-bond acceptors (Lipinski definition) is 6. The number of nitriles is 1. The van der Waals surface area contributed by atoms with E-state index in [1.54, 1.807) is 9.47 Å². The van der Waals surface area contributed by atoms with Gasteiger partial charge in [0.15, 0.2) is 0 Å². The maximum absolute atomic E-state index is 13.3. The van der Waals surface area contributed by atoms with Crippen LogP contribution in [0.3, 0.4) is 0 Å². The van der Waals surface area contributed by atoms with Crippen LogP contribution in [0.4, 0.5) is 5.82 Å². The molecule has 0 N–H and O–H groups in total. The molecule has 0 bridgehead atoms. The molecular weight excluding hydrogens is 440 g/mol. The first-order valence-corrected chi connectivity index (χ1v) is 12.7. The fourth-order valence-corrected chi connectivity index (χ4v) is 5.52. The van der Waals surface area contributed by atoms with E-state index >= 15 is 0 Å². The molecule has 0 saturated carbocycles. The second-order valence-electron chi connectivity index (χ2n) is 8.89. The van der Waals surface area contributed by atoms with E-state index < -0.39 is 0 Å². The normalized spacial score (nSPS) is 18.2. The van der Waals surface area contributed by atoms with Gasteiger partial charge in [0, 0.05) is 31.7 Å². The molecule has 0 aromatic carbocycles. The summed E-state index contributed by atoms with van der Waals surface area (Å²) in [6.07, 6.45) is 6.97. The molecule has 0 atom stereocenters. The molecule has 2 saturated heterocycles. The molecule has 2 fully saturated rings. The van der Waals surface area contributed by atoms with E-state index in [4.69, 9.17) is 12.2 Å². The zero-order valence-corrected chi connectivity index (χ0v) is 21.1. The van der Waals surface area contributed by atoms with Crippen molar-refractivity contribution >= 4 is 46.1 Å². The van der Waals surface area contributed by atoms with E-state index in [9.17, 15) is 14.9 Å². The van der Waals surface area contributed by atoms with Crippen LogP contribution in [-0.4, -0.2) is 39.3 Å². The van der Waals surface area contributed by atoms with Crippen LogP contribution in [0.15, 0.2) is 9.70 Å². The Morgan fingerprint density at radius 3 is 2.50 bits per heavy atom. The molecule has 3 rings (SSSR count). The molecule has 0 unspecified atom stereocenters. The van der Waals surface area contributed by atoms with Crippen molar-refractivity contribution in [2.75, 3.05) is 24.5 Å². The van der Waals surface area contributed by atoms with Gasteiger partial charge in [0.05, 0.1) is 4.91 Å². The van der Waals surface area contributed by atoms with Crippen molar-refractivity contribution in [2.24, 2.45) is 5.92 Å². The van der Waals surface area contributed by atoms with Crippen molar-refractivity contribution in [3.05, 3.63) is 31.9 Å². The Balaban J connectivity index is 2.20. The molecule has 1 aromatic heterocycles. The third-order valence-corrected chi connectivity index (χ3v) is 7.31. The lowest BCUT2D eigenvalue weighted by atomic mass is 10.0. The van der Waals surface area contributed by atoms with Crippen molar-refractivity contribution in [3.8, 4) is 6.07 Å². The molecule has 6 nitrogen and oxygen atoms in total. The third kappa shape index (κ3) is 4.94. The molecule has 3 heterocycles. The highest BCUT2D eigenvalue weighted by Gasteiger charge is 2.33. The van der Waals surface area contributed by atoms with E-state index in [0.29, 0.717) is 33.8 Å². The van der Waals surface area contributed by atoms with E-state index in [0.717, 1.165) is 50.2 Å². The van der Waals surface area contributed by atoms with Crippen molar-refractivity contribution in [1.82, 2.24) is 9.47 Å². The molecular formula is C24H32N4O2S2. The van der Waals surface area contributed by atoms with Crippen LogP contribution in [-0.2, 0) is 11.3 Å². The van der Waals surface area contributed by atoms with Gasteiger partial charge in [-0.05, 0) is 50.2 Å². The maximum atomic E-state index is 13.3. The van der Waals surface area contributed by atoms with Gasteiger partial charge in [-0.25, -0.2) is 0 Å². The quantitative estimate of drug-likeness (QED) is 0.424. The highest BCUT2D eigenvalue weighted by Crippen LogP contribution is 2.36. The van der Waals surface area contributed by atoms with Gasteiger partial charge in [-0.3, -0.25) is 19.1 Å². The number of pyridine rings is 1. The highest BCUT2D eigenvalue weighted by molar-refractivity contribution is 8.26. The van der Waals surface area contributed by atoms with Gasteiger partial charge < -0.3 is 4.90 Å². The van der Waals surface area contributed by atoms with Crippen molar-refractivity contribution in [3.63, 3.8) is 0 Å². The first-order valence-electron chi connectivity index (χ1n) is 11.5. The van der Waals surface area contributed by atoms with Gasteiger partial charge in [-0.1, -0.05) is 51.2 Å². The first-order chi connectivity index (χ1) is 15.3. The van der Waals surface area contributed by atoms with E-state index in [1.807, 2.05) is 13.0 Å². The number of hydrogen-bond donors (Lipinski definition) is 0. The summed E-state index contributed by atoms with van der Waals surface area (Å²) in [6, 6.07) is 2.12. The molecule has 0 aliphatic carbocycles. The topological polar surface area (TPSA) is 69.3 Å². The average Bonchev–Trinajstić information content (AvgIpc) is 3.02. The van der Waals surface area contributed by atoms with Gasteiger partial charge >= 0.3 is 0 Å². The largest absolute Gasteiger partial charge is 0.357 e. The molecule has 2 aliphatic heterocycles. The first kappa shape index (κ1) is 24.5. The highest BCUT2D eigenvalue weighted by atomic mass is 32.2. The predicted molar refractivity (Wildman–Crippen MR) is 136 cm³/mol. The lowest BCUT2D eigenvalue weighted by Crippen LogP contribution is -2.37. The zero-order chi connectivity index (χ0) is 23.4. The number of carbonyl (C=O) groups is 1. The SMILES string of the molecule is CCCCn1c(N2CCCCC2)c(C=C2SC(=S)N(CC(C)C)C2=O)c(C)c(C#N)c1=O. The van der Waals surface area contributed by atoms with Gasteiger partial charge in [0.1, 0.15) is 21.8 Å². The lowest BCUT2D eigenvalue weighted by Gasteiger charge is -2.33. The number of piperidine rings is 1. The number of thioether (sulfide) groups is 1. The van der Waals surface area contributed by atoms with Crippen LogP contribution in [0, 0.1) is 24.2 Å². The monoisotopic (exact) mass is 472 g/mol. The van der Waals surface area contributed by atoms with Gasteiger partial charge in [-0.2, -0.15) is 5.26 Å². The van der Waals surface area contributed by atoms with Crippen molar-refractivity contribution < 1.29 is 4.79 Å². The molecule has 0 radical (unpaired) electrons. The Morgan fingerprint density at radius 2 is 1.91 bits per heavy atom. The molecule has 1 aromatic rings.